The van der Waals surface area contributed by atoms with Gasteiger partial charge in [0.2, 0.25) is 10.0 Å². The number of benzene rings is 2. The van der Waals surface area contributed by atoms with Gasteiger partial charge in [0.1, 0.15) is 5.82 Å². The van der Waals surface area contributed by atoms with Crippen LogP contribution in [0.3, 0.4) is 0 Å². The fraction of sp³-hybridized carbons (Fsp3) is 0.350. The van der Waals surface area contributed by atoms with Crippen molar-refractivity contribution < 1.29 is 17.6 Å². The molecule has 0 bridgehead atoms. The lowest BCUT2D eigenvalue weighted by Gasteiger charge is -2.31. The fourth-order valence-corrected chi connectivity index (χ4v) is 4.78. The highest BCUT2D eigenvalue weighted by Crippen LogP contribution is 2.24. The van der Waals surface area contributed by atoms with Crippen LogP contribution in [0.25, 0.3) is 0 Å². The number of hydrogen-bond acceptors (Lipinski definition) is 4. The third kappa shape index (κ3) is 4.95. The third-order valence-corrected chi connectivity index (χ3v) is 7.22. The number of halogens is 2. The number of sulfonamides is 1. The van der Waals surface area contributed by atoms with Gasteiger partial charge in [-0.2, -0.15) is 4.31 Å². The molecule has 2 aromatic carbocycles. The standard InChI is InChI=1S/C20H23ClFN3O3S/c1-14(15-3-5-16(22)6-4-15)23-20(26)18-13-17(7-8-19(18)21)29(27,28)25-11-9-24(2)10-12-25/h3-8,13-14H,9-12H2,1-2H3,(H,23,26). The van der Waals surface area contributed by atoms with Crippen LogP contribution in [0.4, 0.5) is 4.39 Å². The van der Waals surface area contributed by atoms with Gasteiger partial charge in [0.05, 0.1) is 21.5 Å². The molecular formula is C20H23ClFN3O3S. The zero-order chi connectivity index (χ0) is 21.2. The molecular weight excluding hydrogens is 417 g/mol. The Labute approximate surface area is 175 Å². The topological polar surface area (TPSA) is 69.7 Å². The maximum atomic E-state index is 13.1. The molecule has 0 aromatic heterocycles. The Bertz CT molecular complexity index is 991. The highest BCUT2D eigenvalue weighted by molar-refractivity contribution is 7.89. The molecule has 1 aliphatic heterocycles. The second kappa shape index (κ2) is 8.79. The number of piperazine rings is 1. The van der Waals surface area contributed by atoms with Gasteiger partial charge in [-0.1, -0.05) is 23.7 Å². The third-order valence-electron chi connectivity index (χ3n) is 5.00. The summed E-state index contributed by atoms with van der Waals surface area (Å²) in [5.74, 6) is -0.862. The number of rotatable bonds is 5. The van der Waals surface area contributed by atoms with Crippen molar-refractivity contribution in [3.8, 4) is 0 Å². The smallest absolute Gasteiger partial charge is 0.253 e. The van der Waals surface area contributed by atoms with Crippen LogP contribution >= 0.6 is 11.6 Å². The Morgan fingerprint density at radius 3 is 2.34 bits per heavy atom. The molecule has 1 atom stereocenters. The number of nitrogens with zero attached hydrogens (tertiary/aromatic N) is 2. The maximum Gasteiger partial charge on any atom is 0.253 e. The second-order valence-corrected chi connectivity index (χ2v) is 9.44. The van der Waals surface area contributed by atoms with Gasteiger partial charge in [0.25, 0.3) is 5.91 Å². The summed E-state index contributed by atoms with van der Waals surface area (Å²) in [4.78, 5) is 14.8. The summed E-state index contributed by atoms with van der Waals surface area (Å²) in [6, 6.07) is 9.52. The zero-order valence-electron chi connectivity index (χ0n) is 16.2. The van der Waals surface area contributed by atoms with Crippen molar-refractivity contribution in [3.05, 3.63) is 64.4 Å². The molecule has 29 heavy (non-hydrogen) atoms. The van der Waals surface area contributed by atoms with Crippen molar-refractivity contribution in [2.24, 2.45) is 0 Å². The predicted molar refractivity (Wildman–Crippen MR) is 110 cm³/mol. The summed E-state index contributed by atoms with van der Waals surface area (Å²) < 4.78 is 40.4. The summed E-state index contributed by atoms with van der Waals surface area (Å²) in [6.45, 7) is 3.84. The van der Waals surface area contributed by atoms with Gasteiger partial charge in [-0.25, -0.2) is 12.8 Å². The number of likely N-dealkylation sites (N-methyl/N-ethyl adjacent to an activating group) is 1. The van der Waals surface area contributed by atoms with Gasteiger partial charge in [-0.05, 0) is 49.9 Å². The molecule has 1 aliphatic rings. The quantitative estimate of drug-likeness (QED) is 0.777. The van der Waals surface area contributed by atoms with E-state index in [0.717, 1.165) is 5.56 Å². The Morgan fingerprint density at radius 2 is 1.72 bits per heavy atom. The summed E-state index contributed by atoms with van der Waals surface area (Å²) in [7, 11) is -1.78. The molecule has 0 aliphatic carbocycles. The average molecular weight is 440 g/mol. The highest BCUT2D eigenvalue weighted by Gasteiger charge is 2.28. The van der Waals surface area contributed by atoms with Gasteiger partial charge in [-0.15, -0.1) is 0 Å². The molecule has 1 fully saturated rings. The second-order valence-electron chi connectivity index (χ2n) is 7.10. The van der Waals surface area contributed by atoms with E-state index in [1.807, 2.05) is 7.05 Å². The summed E-state index contributed by atoms with van der Waals surface area (Å²) in [5, 5.41) is 2.93. The van der Waals surface area contributed by atoms with Crippen molar-refractivity contribution in [2.45, 2.75) is 17.9 Å². The molecule has 1 unspecified atom stereocenters. The van der Waals surface area contributed by atoms with Crippen LogP contribution in [0.5, 0.6) is 0 Å². The number of nitrogens with one attached hydrogen (secondary N) is 1. The van der Waals surface area contributed by atoms with E-state index in [2.05, 4.69) is 10.2 Å². The summed E-state index contributed by atoms with van der Waals surface area (Å²) in [5.41, 5.74) is 0.799. The number of carbonyl (C=O) groups is 1. The minimum absolute atomic E-state index is 0.0334. The Hall–Kier alpha value is -2.00. The lowest BCUT2D eigenvalue weighted by Crippen LogP contribution is -2.47. The van der Waals surface area contributed by atoms with Crippen molar-refractivity contribution in [2.75, 3.05) is 33.2 Å². The van der Waals surface area contributed by atoms with E-state index in [1.165, 1.54) is 34.6 Å². The van der Waals surface area contributed by atoms with Gasteiger partial charge < -0.3 is 10.2 Å². The number of hydrogen-bond donors (Lipinski definition) is 1. The number of carbonyl (C=O) groups excluding carboxylic acids is 1. The Balaban J connectivity index is 1.81. The number of amides is 1. The highest BCUT2D eigenvalue weighted by atomic mass is 35.5. The molecule has 0 spiro atoms. The van der Waals surface area contributed by atoms with E-state index in [-0.39, 0.29) is 21.3 Å². The van der Waals surface area contributed by atoms with E-state index in [4.69, 9.17) is 11.6 Å². The maximum absolute atomic E-state index is 13.1. The molecule has 9 heteroatoms. The van der Waals surface area contributed by atoms with E-state index < -0.39 is 22.0 Å². The molecule has 156 valence electrons. The van der Waals surface area contributed by atoms with Gasteiger partial charge >= 0.3 is 0 Å². The van der Waals surface area contributed by atoms with Crippen LogP contribution in [-0.2, 0) is 10.0 Å². The van der Waals surface area contributed by atoms with Crippen molar-refractivity contribution >= 4 is 27.5 Å². The van der Waals surface area contributed by atoms with E-state index >= 15 is 0 Å². The molecule has 3 rings (SSSR count). The van der Waals surface area contributed by atoms with Crippen LogP contribution in [0.2, 0.25) is 5.02 Å². The minimum atomic E-state index is -3.72. The van der Waals surface area contributed by atoms with E-state index in [9.17, 15) is 17.6 Å². The van der Waals surface area contributed by atoms with Crippen molar-refractivity contribution in [3.63, 3.8) is 0 Å². The van der Waals surface area contributed by atoms with Gasteiger partial charge in [-0.3, -0.25) is 4.79 Å². The first-order valence-corrected chi connectivity index (χ1v) is 11.0. The first kappa shape index (κ1) is 21.7. The molecule has 6 nitrogen and oxygen atoms in total. The monoisotopic (exact) mass is 439 g/mol. The first-order valence-electron chi connectivity index (χ1n) is 9.23. The lowest BCUT2D eigenvalue weighted by atomic mass is 10.1. The molecule has 1 saturated heterocycles. The van der Waals surface area contributed by atoms with Gasteiger partial charge in [0, 0.05) is 26.2 Å². The van der Waals surface area contributed by atoms with Crippen LogP contribution in [0.15, 0.2) is 47.4 Å². The fourth-order valence-electron chi connectivity index (χ4n) is 3.13. The van der Waals surface area contributed by atoms with Crippen LogP contribution in [-0.4, -0.2) is 56.8 Å². The SMILES string of the molecule is CC(NC(=O)c1cc(S(=O)(=O)N2CCN(C)CC2)ccc1Cl)c1ccc(F)cc1. The summed E-state index contributed by atoms with van der Waals surface area (Å²) >= 11 is 6.17. The molecule has 2 aromatic rings. The molecule has 0 radical (unpaired) electrons. The molecule has 1 amide bonds. The van der Waals surface area contributed by atoms with Crippen LogP contribution < -0.4 is 5.32 Å². The van der Waals surface area contributed by atoms with Crippen LogP contribution in [0, 0.1) is 5.82 Å². The first-order chi connectivity index (χ1) is 13.7. The van der Waals surface area contributed by atoms with Crippen LogP contribution in [0.1, 0.15) is 28.9 Å². The molecule has 1 N–H and O–H groups in total. The normalized spacial score (nSPS) is 17.1. The zero-order valence-corrected chi connectivity index (χ0v) is 17.8. The van der Waals surface area contributed by atoms with E-state index in [0.29, 0.717) is 26.2 Å². The Kier molecular flexibility index (Phi) is 6.58. The lowest BCUT2D eigenvalue weighted by molar-refractivity contribution is 0.0940. The summed E-state index contributed by atoms with van der Waals surface area (Å²) in [6.07, 6.45) is 0. The van der Waals surface area contributed by atoms with E-state index in [1.54, 1.807) is 19.1 Å². The average Bonchev–Trinajstić information content (AvgIpc) is 2.68. The Morgan fingerprint density at radius 1 is 1.10 bits per heavy atom. The van der Waals surface area contributed by atoms with Crippen molar-refractivity contribution in [1.82, 2.24) is 14.5 Å². The largest absolute Gasteiger partial charge is 0.345 e. The molecule has 0 saturated carbocycles. The minimum Gasteiger partial charge on any atom is -0.345 e. The van der Waals surface area contributed by atoms with Crippen molar-refractivity contribution in [1.29, 1.82) is 0 Å². The predicted octanol–water partition coefficient (Wildman–Crippen LogP) is 2.91. The van der Waals surface area contributed by atoms with Gasteiger partial charge in [0.15, 0.2) is 0 Å². The molecule has 1 heterocycles.